The highest BCUT2D eigenvalue weighted by Gasteiger charge is 2.32. The lowest BCUT2D eigenvalue weighted by molar-refractivity contribution is 0.0589. The van der Waals surface area contributed by atoms with E-state index >= 15 is 0 Å². The maximum absolute atomic E-state index is 14.1. The molecular formula is C29H25Cl2N7O2. The topological polar surface area (TPSA) is 102 Å². The average molecular weight is 574 g/mol. The molecule has 5 aromatic rings. The molecule has 0 bridgehead atoms. The van der Waals surface area contributed by atoms with Crippen LogP contribution in [-0.4, -0.2) is 60.4 Å². The number of halogens is 2. The van der Waals surface area contributed by atoms with E-state index < -0.39 is 0 Å². The minimum atomic E-state index is -0.169. The Morgan fingerprint density at radius 2 is 1.68 bits per heavy atom. The number of hydrogen-bond donors (Lipinski definition) is 1. The molecule has 1 N–H and O–H groups in total. The van der Waals surface area contributed by atoms with Gasteiger partial charge in [0.2, 0.25) is 0 Å². The summed E-state index contributed by atoms with van der Waals surface area (Å²) in [5.74, 6) is 1.11. The Labute approximate surface area is 240 Å². The van der Waals surface area contributed by atoms with E-state index in [9.17, 15) is 4.79 Å². The maximum Gasteiger partial charge on any atom is 0.274 e. The summed E-state index contributed by atoms with van der Waals surface area (Å²) >= 11 is 12.8. The van der Waals surface area contributed by atoms with Gasteiger partial charge in [-0.3, -0.25) is 4.79 Å². The van der Waals surface area contributed by atoms with Gasteiger partial charge in [-0.1, -0.05) is 70.9 Å². The number of ether oxygens (including phenoxy) is 1. The number of rotatable bonds is 7. The fraction of sp³-hybridized carbons (Fsp3) is 0.207. The lowest BCUT2D eigenvalue weighted by Crippen LogP contribution is -2.42. The molecule has 1 aliphatic rings. The van der Waals surface area contributed by atoms with Crippen molar-refractivity contribution in [1.82, 2.24) is 35.3 Å². The van der Waals surface area contributed by atoms with Crippen molar-refractivity contribution in [2.24, 2.45) is 0 Å². The molecule has 0 saturated carbocycles. The third kappa shape index (κ3) is 5.43. The molecular weight excluding hydrogens is 549 g/mol. The number of tetrazole rings is 1. The van der Waals surface area contributed by atoms with Gasteiger partial charge in [-0.2, -0.15) is 10.3 Å². The van der Waals surface area contributed by atoms with Crippen LogP contribution in [-0.2, 0) is 6.42 Å². The van der Waals surface area contributed by atoms with Gasteiger partial charge in [-0.25, -0.2) is 4.68 Å². The molecule has 0 radical (unpaired) electrons. The smallest absolute Gasteiger partial charge is 0.274 e. The van der Waals surface area contributed by atoms with Crippen LogP contribution in [0.1, 0.15) is 34.7 Å². The van der Waals surface area contributed by atoms with E-state index in [4.69, 9.17) is 33.0 Å². The molecule has 9 nitrogen and oxygen atoms in total. The third-order valence-corrected chi connectivity index (χ3v) is 7.46. The molecule has 40 heavy (non-hydrogen) atoms. The van der Waals surface area contributed by atoms with Crippen LogP contribution in [0.15, 0.2) is 78.9 Å². The number of nitrogens with zero attached hydrogens (tertiary/aromatic N) is 6. The number of piperidine rings is 1. The zero-order chi connectivity index (χ0) is 27.5. The number of aromatic amines is 1. The maximum atomic E-state index is 14.1. The van der Waals surface area contributed by atoms with Crippen molar-refractivity contribution in [2.45, 2.75) is 25.4 Å². The zero-order valence-corrected chi connectivity index (χ0v) is 22.9. The minimum Gasteiger partial charge on any atom is -0.490 e. The van der Waals surface area contributed by atoms with E-state index in [1.807, 2.05) is 65.6 Å². The Bertz CT molecular complexity index is 1600. The molecule has 11 heteroatoms. The molecule has 1 amide bonds. The van der Waals surface area contributed by atoms with Crippen LogP contribution in [0.4, 0.5) is 0 Å². The van der Waals surface area contributed by atoms with Gasteiger partial charge in [0.05, 0.1) is 16.4 Å². The van der Waals surface area contributed by atoms with Crippen molar-refractivity contribution < 1.29 is 9.53 Å². The van der Waals surface area contributed by atoms with E-state index in [-0.39, 0.29) is 18.4 Å². The fourth-order valence-corrected chi connectivity index (χ4v) is 5.27. The Hall–Kier alpha value is -4.21. The Morgan fingerprint density at radius 3 is 2.38 bits per heavy atom. The summed E-state index contributed by atoms with van der Waals surface area (Å²) in [6, 6.07) is 24.5. The van der Waals surface area contributed by atoms with Crippen molar-refractivity contribution in [3.05, 3.63) is 106 Å². The second-order valence-corrected chi connectivity index (χ2v) is 10.3. The van der Waals surface area contributed by atoms with Crippen molar-refractivity contribution in [3.8, 4) is 22.7 Å². The number of nitrogens with one attached hydrogen (secondary N) is 1. The van der Waals surface area contributed by atoms with Gasteiger partial charge < -0.3 is 9.64 Å². The summed E-state index contributed by atoms with van der Waals surface area (Å²) in [5.41, 5.74) is 3.18. The van der Waals surface area contributed by atoms with Crippen LogP contribution >= 0.6 is 23.2 Å². The second-order valence-electron chi connectivity index (χ2n) is 9.47. The molecule has 1 aliphatic heterocycles. The SMILES string of the molecule is O=C(c1nn(-c2ccccc2Cl)c(-c2ccc(Cl)cc2)c1Cc1nn[nH]n1)N1CCC(Oc2ccccc2)CC1. The predicted octanol–water partition coefficient (Wildman–Crippen LogP) is 5.63. The fourth-order valence-electron chi connectivity index (χ4n) is 4.93. The van der Waals surface area contributed by atoms with Gasteiger partial charge in [-0.05, 0) is 36.4 Å². The van der Waals surface area contributed by atoms with Gasteiger partial charge >= 0.3 is 0 Å². The molecule has 0 spiro atoms. The zero-order valence-electron chi connectivity index (χ0n) is 21.4. The molecule has 6 rings (SSSR count). The number of carbonyl (C=O) groups excluding carboxylic acids is 1. The van der Waals surface area contributed by atoms with Crippen molar-refractivity contribution in [1.29, 1.82) is 0 Å². The van der Waals surface area contributed by atoms with E-state index in [2.05, 4.69) is 20.6 Å². The Balaban J connectivity index is 1.38. The standard InChI is InChI=1S/C29H25Cl2N7O2/c30-20-12-10-19(11-13-20)28-23(18-26-32-35-36-33-26)27(34-38(28)25-9-5-4-8-24(25)31)29(39)37-16-14-22(15-17-37)40-21-6-2-1-3-7-21/h1-13,22H,14-18H2,(H,32,33,35,36). The van der Waals surface area contributed by atoms with E-state index in [0.717, 1.165) is 24.2 Å². The van der Waals surface area contributed by atoms with Gasteiger partial charge in [0.15, 0.2) is 11.5 Å². The van der Waals surface area contributed by atoms with Crippen molar-refractivity contribution >= 4 is 29.1 Å². The number of para-hydroxylation sites is 2. The van der Waals surface area contributed by atoms with Crippen LogP contribution in [0, 0.1) is 0 Å². The highest BCUT2D eigenvalue weighted by atomic mass is 35.5. The van der Waals surface area contributed by atoms with E-state index in [1.165, 1.54) is 0 Å². The largest absolute Gasteiger partial charge is 0.490 e. The first kappa shape index (κ1) is 26.0. The quantitative estimate of drug-likeness (QED) is 0.270. The lowest BCUT2D eigenvalue weighted by Gasteiger charge is -2.32. The number of aromatic nitrogens is 6. The second kappa shape index (κ2) is 11.5. The van der Waals surface area contributed by atoms with Crippen LogP contribution < -0.4 is 4.74 Å². The van der Waals surface area contributed by atoms with Crippen LogP contribution in [0.25, 0.3) is 16.9 Å². The molecule has 2 aromatic heterocycles. The highest BCUT2D eigenvalue weighted by Crippen LogP contribution is 2.34. The molecule has 0 atom stereocenters. The van der Waals surface area contributed by atoms with Crippen LogP contribution in [0.5, 0.6) is 5.75 Å². The normalized spacial score (nSPS) is 13.9. The summed E-state index contributed by atoms with van der Waals surface area (Å²) in [6.45, 7) is 1.10. The molecule has 0 aliphatic carbocycles. The summed E-state index contributed by atoms with van der Waals surface area (Å²) < 4.78 is 7.86. The van der Waals surface area contributed by atoms with Gasteiger partial charge in [-0.15, -0.1) is 10.2 Å². The summed E-state index contributed by atoms with van der Waals surface area (Å²) in [7, 11) is 0. The molecule has 3 aromatic carbocycles. The molecule has 0 unspecified atom stereocenters. The third-order valence-electron chi connectivity index (χ3n) is 6.88. The van der Waals surface area contributed by atoms with Crippen LogP contribution in [0.3, 0.4) is 0 Å². The lowest BCUT2D eigenvalue weighted by atomic mass is 10.0. The number of likely N-dealkylation sites (tertiary alicyclic amines) is 1. The van der Waals surface area contributed by atoms with Gasteiger partial charge in [0, 0.05) is 48.5 Å². The average Bonchev–Trinajstić information content (AvgIpc) is 3.63. The number of amides is 1. The predicted molar refractivity (Wildman–Crippen MR) is 152 cm³/mol. The monoisotopic (exact) mass is 573 g/mol. The molecule has 3 heterocycles. The highest BCUT2D eigenvalue weighted by molar-refractivity contribution is 6.32. The molecule has 1 fully saturated rings. The Morgan fingerprint density at radius 1 is 0.950 bits per heavy atom. The Kier molecular flexibility index (Phi) is 7.48. The number of H-pyrrole nitrogens is 1. The van der Waals surface area contributed by atoms with Gasteiger partial charge in [0.1, 0.15) is 11.9 Å². The first-order chi connectivity index (χ1) is 19.6. The first-order valence-corrected chi connectivity index (χ1v) is 13.7. The summed E-state index contributed by atoms with van der Waals surface area (Å²) in [6.07, 6.45) is 1.72. The summed E-state index contributed by atoms with van der Waals surface area (Å²) in [4.78, 5) is 15.9. The number of hydrogen-bond acceptors (Lipinski definition) is 6. The number of carbonyl (C=O) groups is 1. The van der Waals surface area contributed by atoms with Crippen LogP contribution in [0.2, 0.25) is 10.0 Å². The van der Waals surface area contributed by atoms with E-state index in [1.54, 1.807) is 22.9 Å². The molecule has 1 saturated heterocycles. The van der Waals surface area contributed by atoms with Crippen molar-refractivity contribution in [3.63, 3.8) is 0 Å². The molecule has 202 valence electrons. The van der Waals surface area contributed by atoms with Gasteiger partial charge in [0.25, 0.3) is 5.91 Å². The minimum absolute atomic E-state index is 0.0376. The summed E-state index contributed by atoms with van der Waals surface area (Å²) in [5, 5.41) is 20.5. The van der Waals surface area contributed by atoms with E-state index in [0.29, 0.717) is 51.6 Å². The first-order valence-electron chi connectivity index (χ1n) is 12.9. The number of benzene rings is 3. The van der Waals surface area contributed by atoms with Crippen molar-refractivity contribution in [2.75, 3.05) is 13.1 Å².